The third-order valence-electron chi connectivity index (χ3n) is 4.17. The maximum Gasteiger partial charge on any atom is 0.295 e. The Labute approximate surface area is 148 Å². The van der Waals surface area contributed by atoms with Crippen molar-refractivity contribution in [2.24, 2.45) is 0 Å². The highest BCUT2D eigenvalue weighted by atomic mass is 16.6. The molecule has 26 heavy (non-hydrogen) atoms. The summed E-state index contributed by atoms with van der Waals surface area (Å²) in [6.45, 7) is 2.20. The monoisotopic (exact) mass is 356 g/mol. The van der Waals surface area contributed by atoms with Gasteiger partial charge in [0.2, 0.25) is 0 Å². The number of aliphatic hydroxyl groups excluding tert-OH is 1. The number of non-ortho nitro benzene ring substituents is 1. The van der Waals surface area contributed by atoms with Crippen LogP contribution in [-0.2, 0) is 9.59 Å². The van der Waals surface area contributed by atoms with E-state index in [1.165, 1.54) is 35.4 Å². The van der Waals surface area contributed by atoms with Crippen molar-refractivity contribution in [1.29, 1.82) is 0 Å². The molecule has 8 heteroatoms. The second-order valence-corrected chi connectivity index (χ2v) is 5.81. The summed E-state index contributed by atoms with van der Waals surface area (Å²) in [6, 6.07) is 7.54. The number of rotatable bonds is 5. The summed E-state index contributed by atoms with van der Waals surface area (Å²) in [5, 5.41) is 21.4. The van der Waals surface area contributed by atoms with E-state index < -0.39 is 28.4 Å². The van der Waals surface area contributed by atoms with Gasteiger partial charge in [-0.05, 0) is 30.7 Å². The number of Topliss-reactive ketones (excluding diaryl/α,β-unsaturated/α-hetero) is 1. The van der Waals surface area contributed by atoms with Gasteiger partial charge in [0.15, 0.2) is 0 Å². The molecule has 0 spiro atoms. The van der Waals surface area contributed by atoms with Crippen molar-refractivity contribution in [2.75, 3.05) is 6.54 Å². The van der Waals surface area contributed by atoms with Crippen LogP contribution in [0.25, 0.3) is 5.76 Å². The number of likely N-dealkylation sites (tertiary alicyclic amines) is 1. The summed E-state index contributed by atoms with van der Waals surface area (Å²) in [6.07, 6.45) is 2.05. The van der Waals surface area contributed by atoms with Crippen molar-refractivity contribution in [2.45, 2.75) is 19.4 Å². The van der Waals surface area contributed by atoms with Crippen LogP contribution in [0.1, 0.15) is 30.7 Å². The topological polar surface area (TPSA) is 114 Å². The second-order valence-electron chi connectivity index (χ2n) is 5.81. The molecule has 0 aliphatic carbocycles. The molecule has 0 bridgehead atoms. The summed E-state index contributed by atoms with van der Waals surface area (Å²) < 4.78 is 5.38. The number of amides is 1. The van der Waals surface area contributed by atoms with E-state index in [1.54, 1.807) is 12.1 Å². The summed E-state index contributed by atoms with van der Waals surface area (Å²) >= 11 is 0. The predicted molar refractivity (Wildman–Crippen MR) is 91.1 cm³/mol. The third-order valence-corrected chi connectivity index (χ3v) is 4.17. The Morgan fingerprint density at radius 3 is 2.50 bits per heavy atom. The lowest BCUT2D eigenvalue weighted by molar-refractivity contribution is -0.384. The van der Waals surface area contributed by atoms with E-state index in [2.05, 4.69) is 0 Å². The molecule has 1 saturated heterocycles. The minimum absolute atomic E-state index is 0.0905. The van der Waals surface area contributed by atoms with Crippen LogP contribution in [0.4, 0.5) is 5.69 Å². The fourth-order valence-corrected chi connectivity index (χ4v) is 2.99. The Kier molecular flexibility index (Phi) is 4.57. The molecule has 0 saturated carbocycles. The molecule has 2 aromatic rings. The SMILES string of the molecule is CCCN1C(=O)C(=O)/C(=C(\O)c2ccc([N+](=O)[O-])cc2)C1c1ccco1. The molecule has 1 aliphatic rings. The smallest absolute Gasteiger partial charge is 0.295 e. The fraction of sp³-hybridized carbons (Fsp3) is 0.222. The lowest BCUT2D eigenvalue weighted by Gasteiger charge is -2.22. The minimum Gasteiger partial charge on any atom is -0.507 e. The number of nitrogens with zero attached hydrogens (tertiary/aromatic N) is 2. The molecule has 1 aliphatic heterocycles. The maximum atomic E-state index is 12.5. The van der Waals surface area contributed by atoms with Crippen molar-refractivity contribution in [3.05, 3.63) is 69.7 Å². The second kappa shape index (κ2) is 6.83. The first-order valence-corrected chi connectivity index (χ1v) is 8.02. The summed E-state index contributed by atoms with van der Waals surface area (Å²) in [5.41, 5.74) is -0.0236. The number of hydrogen-bond donors (Lipinski definition) is 1. The normalized spacial score (nSPS) is 19.1. The number of aliphatic hydroxyl groups is 1. The van der Waals surface area contributed by atoms with E-state index in [-0.39, 0.29) is 16.8 Å². The van der Waals surface area contributed by atoms with E-state index in [4.69, 9.17) is 4.42 Å². The van der Waals surface area contributed by atoms with E-state index in [1.807, 2.05) is 6.92 Å². The van der Waals surface area contributed by atoms with Crippen molar-refractivity contribution in [3.63, 3.8) is 0 Å². The fourth-order valence-electron chi connectivity index (χ4n) is 2.99. The molecule has 1 atom stereocenters. The van der Waals surface area contributed by atoms with Crippen LogP contribution in [0, 0.1) is 10.1 Å². The van der Waals surface area contributed by atoms with Crippen molar-refractivity contribution in [3.8, 4) is 0 Å². The average molecular weight is 356 g/mol. The zero-order chi connectivity index (χ0) is 18.8. The number of furan rings is 1. The van der Waals surface area contributed by atoms with Gasteiger partial charge in [-0.2, -0.15) is 0 Å². The third kappa shape index (κ3) is 2.85. The molecule has 0 radical (unpaired) electrons. The Hall–Kier alpha value is -3.42. The number of hydrogen-bond acceptors (Lipinski definition) is 6. The van der Waals surface area contributed by atoms with Gasteiger partial charge in [-0.25, -0.2) is 0 Å². The van der Waals surface area contributed by atoms with Gasteiger partial charge in [0.1, 0.15) is 17.6 Å². The molecule has 1 aromatic heterocycles. The maximum absolute atomic E-state index is 12.5. The highest BCUT2D eigenvalue weighted by molar-refractivity contribution is 6.46. The largest absolute Gasteiger partial charge is 0.507 e. The van der Waals surface area contributed by atoms with E-state index >= 15 is 0 Å². The quantitative estimate of drug-likeness (QED) is 0.290. The van der Waals surface area contributed by atoms with Crippen molar-refractivity contribution >= 4 is 23.1 Å². The number of carbonyl (C=O) groups is 2. The molecule has 1 fully saturated rings. The van der Waals surface area contributed by atoms with Crippen LogP contribution in [0.2, 0.25) is 0 Å². The molecule has 8 nitrogen and oxygen atoms in total. The van der Waals surface area contributed by atoms with Crippen molar-refractivity contribution < 1.29 is 24.0 Å². The van der Waals surface area contributed by atoms with Gasteiger partial charge in [0.05, 0.1) is 16.8 Å². The average Bonchev–Trinajstić information content (AvgIpc) is 3.24. The van der Waals surface area contributed by atoms with Gasteiger partial charge < -0.3 is 14.4 Å². The molecule has 1 amide bonds. The predicted octanol–water partition coefficient (Wildman–Crippen LogP) is 3.02. The molecule has 3 rings (SSSR count). The first-order chi connectivity index (χ1) is 12.5. The molecule has 134 valence electrons. The van der Waals surface area contributed by atoms with E-state index in [0.29, 0.717) is 18.7 Å². The Morgan fingerprint density at radius 2 is 1.96 bits per heavy atom. The van der Waals surface area contributed by atoms with Crippen LogP contribution < -0.4 is 0 Å². The zero-order valence-corrected chi connectivity index (χ0v) is 13.9. The number of benzene rings is 1. The van der Waals surface area contributed by atoms with Gasteiger partial charge in [0.25, 0.3) is 17.4 Å². The van der Waals surface area contributed by atoms with E-state index in [0.717, 1.165) is 0 Å². The lowest BCUT2D eigenvalue weighted by atomic mass is 9.99. The first kappa shape index (κ1) is 17.4. The Morgan fingerprint density at radius 1 is 1.27 bits per heavy atom. The molecule has 2 heterocycles. The highest BCUT2D eigenvalue weighted by Crippen LogP contribution is 2.39. The standard InChI is InChI=1S/C18H16N2O6/c1-2-9-19-15(13-4-3-10-26-13)14(17(22)18(19)23)16(21)11-5-7-12(8-6-11)20(24)25/h3-8,10,15,21H,2,9H2,1H3/b16-14-. The Balaban J connectivity index is 2.12. The summed E-state index contributed by atoms with van der Waals surface area (Å²) in [4.78, 5) is 36.5. The molecule has 1 unspecified atom stereocenters. The molecule has 1 N–H and O–H groups in total. The summed E-state index contributed by atoms with van der Waals surface area (Å²) in [7, 11) is 0. The van der Waals surface area contributed by atoms with Gasteiger partial charge in [-0.3, -0.25) is 19.7 Å². The van der Waals surface area contributed by atoms with Crippen LogP contribution in [-0.4, -0.2) is 33.2 Å². The highest BCUT2D eigenvalue weighted by Gasteiger charge is 2.47. The van der Waals surface area contributed by atoms with Crippen LogP contribution in [0.3, 0.4) is 0 Å². The van der Waals surface area contributed by atoms with Gasteiger partial charge in [-0.1, -0.05) is 6.92 Å². The van der Waals surface area contributed by atoms with Gasteiger partial charge in [-0.15, -0.1) is 0 Å². The number of nitro groups is 1. The van der Waals surface area contributed by atoms with E-state index in [9.17, 15) is 24.8 Å². The number of nitro benzene ring substituents is 1. The number of carbonyl (C=O) groups excluding carboxylic acids is 2. The molecular formula is C18H16N2O6. The minimum atomic E-state index is -0.833. The van der Waals surface area contributed by atoms with Crippen molar-refractivity contribution in [1.82, 2.24) is 4.90 Å². The van der Waals surface area contributed by atoms with Crippen LogP contribution in [0.15, 0.2) is 52.7 Å². The van der Waals surface area contributed by atoms with Crippen LogP contribution >= 0.6 is 0 Å². The van der Waals surface area contributed by atoms with Gasteiger partial charge >= 0.3 is 0 Å². The van der Waals surface area contributed by atoms with Gasteiger partial charge in [0, 0.05) is 24.2 Å². The summed E-state index contributed by atoms with van der Waals surface area (Å²) in [5.74, 6) is -1.55. The Bertz CT molecular complexity index is 883. The number of ketones is 1. The van der Waals surface area contributed by atoms with Crippen LogP contribution in [0.5, 0.6) is 0 Å². The molecular weight excluding hydrogens is 340 g/mol. The molecule has 1 aromatic carbocycles. The zero-order valence-electron chi connectivity index (χ0n) is 13.9. The lowest BCUT2D eigenvalue weighted by Crippen LogP contribution is -2.30. The first-order valence-electron chi connectivity index (χ1n) is 8.02.